The first-order valence-electron chi connectivity index (χ1n) is 9.73. The average molecular weight is 443 g/mol. The number of nitrogens with one attached hydrogen (secondary N) is 1. The van der Waals surface area contributed by atoms with Gasteiger partial charge in [0.2, 0.25) is 10.0 Å². The van der Waals surface area contributed by atoms with Gasteiger partial charge in [-0.15, -0.1) is 10.2 Å². The molecule has 0 aliphatic carbocycles. The molecule has 0 bridgehead atoms. The number of nitrogens with zero attached hydrogens (tertiary/aromatic N) is 4. The molecule has 0 saturated carbocycles. The maximum absolute atomic E-state index is 12.7. The number of hydrogen-bond donors (Lipinski definition) is 1. The van der Waals surface area contributed by atoms with E-state index in [1.165, 1.54) is 28.7 Å². The molecule has 1 saturated heterocycles. The third-order valence-corrected chi connectivity index (χ3v) is 6.86. The number of rotatable bonds is 6. The molecule has 162 valence electrons. The molecule has 4 rings (SSSR count). The van der Waals surface area contributed by atoms with E-state index in [2.05, 4.69) is 15.5 Å². The standard InChI is InChI=1S/C20H21N5O5S/c1-14-22-23-18-8-7-15(12-25(14)18)20(27)30-13-19(26)21-16-5-4-6-17(11-16)31(28,29)24-9-2-3-10-24/h4-8,11-12H,2-3,9-10,13H2,1H3,(H,21,26). The number of carbonyl (C=O) groups is 2. The molecule has 3 aromatic rings. The predicted octanol–water partition coefficient (Wildman–Crippen LogP) is 1.62. The van der Waals surface area contributed by atoms with E-state index in [1.807, 2.05) is 0 Å². The quantitative estimate of drug-likeness (QED) is 0.574. The van der Waals surface area contributed by atoms with Gasteiger partial charge in [-0.3, -0.25) is 9.20 Å². The summed E-state index contributed by atoms with van der Waals surface area (Å²) in [7, 11) is -3.59. The zero-order valence-corrected chi connectivity index (χ0v) is 17.6. The average Bonchev–Trinajstić information content (AvgIpc) is 3.43. The summed E-state index contributed by atoms with van der Waals surface area (Å²) < 4.78 is 33.5. The number of aryl methyl sites for hydroxylation is 1. The van der Waals surface area contributed by atoms with Crippen molar-refractivity contribution in [1.82, 2.24) is 18.9 Å². The third kappa shape index (κ3) is 4.42. The van der Waals surface area contributed by atoms with Gasteiger partial charge in [-0.2, -0.15) is 4.31 Å². The lowest BCUT2D eigenvalue weighted by Crippen LogP contribution is -2.28. The van der Waals surface area contributed by atoms with Gasteiger partial charge in [0.05, 0.1) is 10.5 Å². The molecule has 31 heavy (non-hydrogen) atoms. The molecule has 1 fully saturated rings. The molecule has 0 radical (unpaired) electrons. The van der Waals surface area contributed by atoms with E-state index >= 15 is 0 Å². The Kier molecular flexibility index (Phi) is 5.70. The summed E-state index contributed by atoms with van der Waals surface area (Å²) in [6.07, 6.45) is 3.22. The number of pyridine rings is 1. The molecule has 0 unspecified atom stereocenters. The topological polar surface area (TPSA) is 123 Å². The summed E-state index contributed by atoms with van der Waals surface area (Å²) >= 11 is 0. The highest BCUT2D eigenvalue weighted by molar-refractivity contribution is 7.89. The minimum absolute atomic E-state index is 0.113. The monoisotopic (exact) mass is 443 g/mol. The van der Waals surface area contributed by atoms with Crippen molar-refractivity contribution in [2.45, 2.75) is 24.7 Å². The molecular weight excluding hydrogens is 422 g/mol. The first-order chi connectivity index (χ1) is 14.8. The first-order valence-corrected chi connectivity index (χ1v) is 11.2. The molecule has 1 amide bonds. The molecule has 1 aromatic carbocycles. The predicted molar refractivity (Wildman–Crippen MR) is 111 cm³/mol. The largest absolute Gasteiger partial charge is 0.452 e. The Hall–Kier alpha value is -3.31. The Labute approximate surface area is 178 Å². The summed E-state index contributed by atoms with van der Waals surface area (Å²) in [6, 6.07) is 9.19. The Bertz CT molecular complexity index is 1250. The van der Waals surface area contributed by atoms with Gasteiger partial charge in [0.1, 0.15) is 5.82 Å². The lowest BCUT2D eigenvalue weighted by molar-refractivity contribution is -0.119. The van der Waals surface area contributed by atoms with Crippen LogP contribution in [0.4, 0.5) is 5.69 Å². The van der Waals surface area contributed by atoms with E-state index in [0.29, 0.717) is 30.2 Å². The maximum Gasteiger partial charge on any atom is 0.340 e. The van der Waals surface area contributed by atoms with Crippen LogP contribution in [0.5, 0.6) is 0 Å². The van der Waals surface area contributed by atoms with Gasteiger partial charge in [-0.25, -0.2) is 13.2 Å². The van der Waals surface area contributed by atoms with Crippen LogP contribution in [0, 0.1) is 6.92 Å². The van der Waals surface area contributed by atoms with Crippen molar-refractivity contribution in [2.75, 3.05) is 25.0 Å². The summed E-state index contributed by atoms with van der Waals surface area (Å²) in [5.41, 5.74) is 1.15. The van der Waals surface area contributed by atoms with Crippen molar-refractivity contribution in [3.63, 3.8) is 0 Å². The van der Waals surface area contributed by atoms with Crippen molar-refractivity contribution in [2.24, 2.45) is 0 Å². The van der Waals surface area contributed by atoms with Crippen LogP contribution >= 0.6 is 0 Å². The van der Waals surface area contributed by atoms with Gasteiger partial charge < -0.3 is 10.1 Å². The second-order valence-electron chi connectivity index (χ2n) is 7.16. The van der Waals surface area contributed by atoms with Crippen LogP contribution in [0.3, 0.4) is 0 Å². The fraction of sp³-hybridized carbons (Fsp3) is 0.300. The molecular formula is C20H21N5O5S. The second-order valence-corrected chi connectivity index (χ2v) is 9.09. The van der Waals surface area contributed by atoms with Crippen molar-refractivity contribution in [3.8, 4) is 0 Å². The van der Waals surface area contributed by atoms with Gasteiger partial charge >= 0.3 is 5.97 Å². The summed E-state index contributed by atoms with van der Waals surface area (Å²) in [5, 5.41) is 10.4. The number of sulfonamides is 1. The number of aromatic nitrogens is 3. The Morgan fingerprint density at radius 1 is 1.13 bits per heavy atom. The fourth-order valence-corrected chi connectivity index (χ4v) is 4.91. The number of esters is 1. The van der Waals surface area contributed by atoms with Gasteiger partial charge in [0.25, 0.3) is 5.91 Å². The molecule has 1 N–H and O–H groups in total. The third-order valence-electron chi connectivity index (χ3n) is 4.96. The molecule has 11 heteroatoms. The Morgan fingerprint density at radius 3 is 2.68 bits per heavy atom. The van der Waals surface area contributed by atoms with Crippen molar-refractivity contribution >= 4 is 33.2 Å². The van der Waals surface area contributed by atoms with Crippen LogP contribution in [-0.4, -0.2) is 58.9 Å². The van der Waals surface area contributed by atoms with Crippen LogP contribution in [-0.2, 0) is 19.6 Å². The van der Waals surface area contributed by atoms with Gasteiger partial charge in [0, 0.05) is 25.0 Å². The van der Waals surface area contributed by atoms with Crippen LogP contribution in [0.15, 0.2) is 47.5 Å². The molecule has 0 spiro atoms. The molecule has 1 aliphatic heterocycles. The summed E-state index contributed by atoms with van der Waals surface area (Å²) in [4.78, 5) is 24.6. The summed E-state index contributed by atoms with van der Waals surface area (Å²) in [6.45, 7) is 2.23. The lowest BCUT2D eigenvalue weighted by atomic mass is 10.3. The van der Waals surface area contributed by atoms with E-state index in [-0.39, 0.29) is 10.5 Å². The molecule has 3 heterocycles. The van der Waals surface area contributed by atoms with Crippen molar-refractivity contribution in [3.05, 3.63) is 54.0 Å². The maximum atomic E-state index is 12.7. The van der Waals surface area contributed by atoms with E-state index < -0.39 is 28.5 Å². The van der Waals surface area contributed by atoms with E-state index in [9.17, 15) is 18.0 Å². The fourth-order valence-electron chi connectivity index (χ4n) is 3.35. The molecule has 2 aromatic heterocycles. The van der Waals surface area contributed by atoms with E-state index in [0.717, 1.165) is 12.8 Å². The smallest absolute Gasteiger partial charge is 0.340 e. The number of fused-ring (bicyclic) bond motifs is 1. The SMILES string of the molecule is Cc1nnc2ccc(C(=O)OCC(=O)Nc3cccc(S(=O)(=O)N4CCCC4)c3)cn12. The van der Waals surface area contributed by atoms with Gasteiger partial charge in [-0.05, 0) is 50.1 Å². The molecule has 10 nitrogen and oxygen atoms in total. The van der Waals surface area contributed by atoms with Crippen molar-refractivity contribution in [1.29, 1.82) is 0 Å². The number of hydrogen-bond acceptors (Lipinski definition) is 7. The lowest BCUT2D eigenvalue weighted by Gasteiger charge is -2.16. The zero-order valence-electron chi connectivity index (χ0n) is 16.8. The van der Waals surface area contributed by atoms with Crippen LogP contribution in [0.2, 0.25) is 0 Å². The van der Waals surface area contributed by atoms with E-state index in [1.54, 1.807) is 29.5 Å². The minimum atomic E-state index is -3.59. The number of benzene rings is 1. The number of amides is 1. The second kappa shape index (κ2) is 8.44. The number of anilines is 1. The molecule has 0 atom stereocenters. The Morgan fingerprint density at radius 2 is 1.90 bits per heavy atom. The van der Waals surface area contributed by atoms with Crippen molar-refractivity contribution < 1.29 is 22.7 Å². The van der Waals surface area contributed by atoms with E-state index in [4.69, 9.17) is 4.74 Å². The highest BCUT2D eigenvalue weighted by atomic mass is 32.2. The summed E-state index contributed by atoms with van der Waals surface area (Å²) in [5.74, 6) is -0.632. The Balaban J connectivity index is 1.38. The minimum Gasteiger partial charge on any atom is -0.452 e. The number of ether oxygens (including phenoxy) is 1. The molecule has 1 aliphatic rings. The normalized spacial score (nSPS) is 14.6. The highest BCUT2D eigenvalue weighted by Gasteiger charge is 2.27. The number of carbonyl (C=O) groups excluding carboxylic acids is 2. The van der Waals surface area contributed by atoms with Crippen LogP contribution < -0.4 is 5.32 Å². The van der Waals surface area contributed by atoms with Crippen LogP contribution in [0.25, 0.3) is 5.65 Å². The van der Waals surface area contributed by atoms with Crippen LogP contribution in [0.1, 0.15) is 29.0 Å². The van der Waals surface area contributed by atoms with Gasteiger partial charge in [0.15, 0.2) is 12.3 Å². The zero-order chi connectivity index (χ0) is 22.0. The first kappa shape index (κ1) is 20.9. The van der Waals surface area contributed by atoms with Gasteiger partial charge in [-0.1, -0.05) is 6.07 Å². The highest BCUT2D eigenvalue weighted by Crippen LogP contribution is 2.23.